The summed E-state index contributed by atoms with van der Waals surface area (Å²) in [6.45, 7) is 2.15. The molecule has 2 rings (SSSR count). The van der Waals surface area contributed by atoms with E-state index in [0.717, 1.165) is 31.0 Å². The summed E-state index contributed by atoms with van der Waals surface area (Å²) < 4.78 is 10.5. The average molecular weight is 251 g/mol. The van der Waals surface area contributed by atoms with Crippen molar-refractivity contribution in [3.05, 3.63) is 23.8 Å². The van der Waals surface area contributed by atoms with Crippen molar-refractivity contribution in [1.29, 1.82) is 0 Å². The van der Waals surface area contributed by atoms with Gasteiger partial charge in [0.15, 0.2) is 11.5 Å². The van der Waals surface area contributed by atoms with E-state index in [-0.39, 0.29) is 6.61 Å². The average Bonchev–Trinajstić information content (AvgIpc) is 2.85. The minimum atomic E-state index is 0.243. The predicted octanol–water partition coefficient (Wildman–Crippen LogP) is 1.66. The summed E-state index contributed by atoms with van der Waals surface area (Å²) in [6, 6.07) is 6.29. The molecule has 1 aromatic rings. The van der Waals surface area contributed by atoms with Gasteiger partial charge in [-0.3, -0.25) is 4.90 Å². The zero-order valence-corrected chi connectivity index (χ0v) is 11.1. The first kappa shape index (κ1) is 13.2. The predicted molar refractivity (Wildman–Crippen MR) is 70.1 cm³/mol. The fraction of sp³-hybridized carbons (Fsp3) is 0.571. The first-order chi connectivity index (χ1) is 8.78. The molecule has 0 saturated carbocycles. The number of ether oxygens (including phenoxy) is 2. The van der Waals surface area contributed by atoms with Gasteiger partial charge in [-0.2, -0.15) is 0 Å². The topological polar surface area (TPSA) is 41.9 Å². The lowest BCUT2D eigenvalue weighted by atomic mass is 10.1. The van der Waals surface area contributed by atoms with Gasteiger partial charge in [-0.05, 0) is 37.1 Å². The number of rotatable bonds is 5. The van der Waals surface area contributed by atoms with Crippen LogP contribution in [0.3, 0.4) is 0 Å². The molecule has 4 heteroatoms. The molecule has 1 fully saturated rings. The monoisotopic (exact) mass is 251 g/mol. The summed E-state index contributed by atoms with van der Waals surface area (Å²) >= 11 is 0. The molecule has 18 heavy (non-hydrogen) atoms. The van der Waals surface area contributed by atoms with Crippen molar-refractivity contribution in [3.63, 3.8) is 0 Å². The van der Waals surface area contributed by atoms with Gasteiger partial charge < -0.3 is 14.6 Å². The Morgan fingerprint density at radius 3 is 2.72 bits per heavy atom. The van der Waals surface area contributed by atoms with Gasteiger partial charge >= 0.3 is 0 Å². The third-order valence-corrected chi connectivity index (χ3v) is 3.54. The Bertz CT molecular complexity index is 395. The highest BCUT2D eigenvalue weighted by Gasteiger charge is 2.23. The molecule has 0 aliphatic carbocycles. The van der Waals surface area contributed by atoms with Crippen molar-refractivity contribution in [2.75, 3.05) is 27.4 Å². The molecule has 0 spiro atoms. The summed E-state index contributed by atoms with van der Waals surface area (Å²) in [5, 5.41) is 9.31. The maximum absolute atomic E-state index is 9.31. The van der Waals surface area contributed by atoms with Gasteiger partial charge in [0.05, 0.1) is 20.8 Å². The normalized spacial score (nSPS) is 20.1. The minimum Gasteiger partial charge on any atom is -0.493 e. The number of aliphatic hydroxyl groups excluding tert-OH is 1. The van der Waals surface area contributed by atoms with Crippen molar-refractivity contribution in [2.45, 2.75) is 25.4 Å². The fourth-order valence-electron chi connectivity index (χ4n) is 2.52. The van der Waals surface area contributed by atoms with Crippen LogP contribution >= 0.6 is 0 Å². The molecule has 0 aromatic heterocycles. The van der Waals surface area contributed by atoms with Crippen LogP contribution in [0.25, 0.3) is 0 Å². The molecular weight excluding hydrogens is 230 g/mol. The maximum atomic E-state index is 9.31. The molecule has 1 atom stereocenters. The van der Waals surface area contributed by atoms with E-state index in [9.17, 15) is 5.11 Å². The van der Waals surface area contributed by atoms with Crippen molar-refractivity contribution in [3.8, 4) is 11.5 Å². The number of hydrogen-bond donors (Lipinski definition) is 1. The highest BCUT2D eigenvalue weighted by atomic mass is 16.5. The quantitative estimate of drug-likeness (QED) is 0.864. The summed E-state index contributed by atoms with van der Waals surface area (Å²) in [5.74, 6) is 1.51. The minimum absolute atomic E-state index is 0.243. The molecule has 1 heterocycles. The fourth-order valence-corrected chi connectivity index (χ4v) is 2.52. The van der Waals surface area contributed by atoms with Crippen LogP contribution in [0.15, 0.2) is 18.2 Å². The van der Waals surface area contributed by atoms with E-state index in [1.807, 2.05) is 18.2 Å². The van der Waals surface area contributed by atoms with Gasteiger partial charge in [0.25, 0.3) is 0 Å². The Hall–Kier alpha value is -1.26. The van der Waals surface area contributed by atoms with Crippen LogP contribution in [0.1, 0.15) is 18.4 Å². The van der Waals surface area contributed by atoms with Crippen molar-refractivity contribution in [2.24, 2.45) is 0 Å². The van der Waals surface area contributed by atoms with Crippen LogP contribution in [0.4, 0.5) is 0 Å². The standard InChI is InChI=1S/C14H21NO3/c1-17-13-6-5-11(8-14(13)18-2)9-15-7-3-4-12(15)10-16/h5-6,8,12,16H,3-4,7,9-10H2,1-2H3. The van der Waals surface area contributed by atoms with E-state index in [2.05, 4.69) is 4.90 Å². The molecule has 1 unspecified atom stereocenters. The lowest BCUT2D eigenvalue weighted by molar-refractivity contribution is 0.153. The van der Waals surface area contributed by atoms with E-state index in [0.29, 0.717) is 6.04 Å². The van der Waals surface area contributed by atoms with Crippen LogP contribution < -0.4 is 9.47 Å². The van der Waals surface area contributed by atoms with Crippen LogP contribution in [0, 0.1) is 0 Å². The molecule has 0 radical (unpaired) electrons. The second-order valence-electron chi connectivity index (χ2n) is 4.64. The lowest BCUT2D eigenvalue weighted by Gasteiger charge is -2.23. The van der Waals surface area contributed by atoms with Gasteiger partial charge in [0.2, 0.25) is 0 Å². The molecule has 0 bridgehead atoms. The zero-order valence-electron chi connectivity index (χ0n) is 11.1. The Kier molecular flexibility index (Phi) is 4.44. The smallest absolute Gasteiger partial charge is 0.161 e. The second-order valence-corrected chi connectivity index (χ2v) is 4.64. The number of likely N-dealkylation sites (tertiary alicyclic amines) is 1. The Morgan fingerprint density at radius 1 is 1.28 bits per heavy atom. The van der Waals surface area contributed by atoms with Gasteiger partial charge in [0, 0.05) is 12.6 Å². The highest BCUT2D eigenvalue weighted by Crippen LogP contribution is 2.29. The number of benzene rings is 1. The Labute approximate surface area is 108 Å². The number of nitrogens with zero attached hydrogens (tertiary/aromatic N) is 1. The number of methoxy groups -OCH3 is 2. The SMILES string of the molecule is COc1ccc(CN2CCCC2CO)cc1OC. The van der Waals surface area contributed by atoms with Crippen molar-refractivity contribution >= 4 is 0 Å². The van der Waals surface area contributed by atoms with Crippen LogP contribution in [0.2, 0.25) is 0 Å². The molecule has 1 aliphatic heterocycles. The molecule has 1 saturated heterocycles. The molecule has 0 amide bonds. The Morgan fingerprint density at radius 2 is 2.06 bits per heavy atom. The molecule has 100 valence electrons. The van der Waals surface area contributed by atoms with Crippen molar-refractivity contribution in [1.82, 2.24) is 4.90 Å². The Balaban J connectivity index is 2.09. The van der Waals surface area contributed by atoms with Gasteiger partial charge in [-0.25, -0.2) is 0 Å². The van der Waals surface area contributed by atoms with E-state index in [1.165, 1.54) is 12.0 Å². The molecule has 4 nitrogen and oxygen atoms in total. The third-order valence-electron chi connectivity index (χ3n) is 3.54. The van der Waals surface area contributed by atoms with E-state index >= 15 is 0 Å². The lowest BCUT2D eigenvalue weighted by Crippen LogP contribution is -2.31. The molecular formula is C14H21NO3. The van der Waals surface area contributed by atoms with E-state index in [1.54, 1.807) is 14.2 Å². The highest BCUT2D eigenvalue weighted by molar-refractivity contribution is 5.42. The zero-order chi connectivity index (χ0) is 13.0. The maximum Gasteiger partial charge on any atom is 0.161 e. The van der Waals surface area contributed by atoms with E-state index < -0.39 is 0 Å². The van der Waals surface area contributed by atoms with E-state index in [4.69, 9.17) is 9.47 Å². The van der Waals surface area contributed by atoms with Gasteiger partial charge in [-0.15, -0.1) is 0 Å². The summed E-state index contributed by atoms with van der Waals surface area (Å²) in [5.41, 5.74) is 1.19. The first-order valence-corrected chi connectivity index (χ1v) is 6.34. The molecule has 1 aromatic carbocycles. The van der Waals surface area contributed by atoms with Gasteiger partial charge in [0.1, 0.15) is 0 Å². The van der Waals surface area contributed by atoms with Gasteiger partial charge in [-0.1, -0.05) is 6.07 Å². The number of aliphatic hydroxyl groups is 1. The summed E-state index contributed by atoms with van der Waals surface area (Å²) in [7, 11) is 3.29. The number of hydrogen-bond acceptors (Lipinski definition) is 4. The summed E-state index contributed by atoms with van der Waals surface area (Å²) in [6.07, 6.45) is 2.25. The van der Waals surface area contributed by atoms with Crippen LogP contribution in [0.5, 0.6) is 11.5 Å². The summed E-state index contributed by atoms with van der Waals surface area (Å²) in [4.78, 5) is 2.32. The first-order valence-electron chi connectivity index (χ1n) is 6.34. The van der Waals surface area contributed by atoms with Crippen molar-refractivity contribution < 1.29 is 14.6 Å². The largest absolute Gasteiger partial charge is 0.493 e. The van der Waals surface area contributed by atoms with Crippen LogP contribution in [-0.2, 0) is 6.54 Å². The molecule has 1 aliphatic rings. The van der Waals surface area contributed by atoms with Crippen LogP contribution in [-0.4, -0.2) is 43.4 Å². The third kappa shape index (κ3) is 2.76. The second kappa shape index (κ2) is 6.07. The molecule has 1 N–H and O–H groups in total.